The van der Waals surface area contributed by atoms with E-state index in [1.165, 1.54) is 25.3 Å². The number of hydrogen-bond acceptors (Lipinski definition) is 4. The molecule has 0 radical (unpaired) electrons. The fourth-order valence-electron chi connectivity index (χ4n) is 2.70. The summed E-state index contributed by atoms with van der Waals surface area (Å²) < 4.78 is 30.7. The van der Waals surface area contributed by atoms with E-state index in [-0.39, 0.29) is 22.0 Å². The zero-order valence-corrected chi connectivity index (χ0v) is 16.1. The molecule has 6 heteroatoms. The van der Waals surface area contributed by atoms with Crippen LogP contribution in [-0.4, -0.2) is 21.3 Å². The van der Waals surface area contributed by atoms with Gasteiger partial charge in [-0.2, -0.15) is 0 Å². The molecule has 0 saturated heterocycles. The van der Waals surface area contributed by atoms with E-state index in [1.54, 1.807) is 48.5 Å². The van der Waals surface area contributed by atoms with Crippen molar-refractivity contribution in [3.63, 3.8) is 0 Å². The summed E-state index contributed by atoms with van der Waals surface area (Å²) in [5, 5.41) is 0.375. The van der Waals surface area contributed by atoms with Crippen molar-refractivity contribution in [1.29, 1.82) is 0 Å². The van der Waals surface area contributed by atoms with Crippen molar-refractivity contribution >= 4 is 27.2 Å². The number of halogens is 1. The molecule has 3 aromatic rings. The highest BCUT2D eigenvalue weighted by atomic mass is 35.5. The van der Waals surface area contributed by atoms with Crippen molar-refractivity contribution in [1.82, 2.24) is 0 Å². The van der Waals surface area contributed by atoms with Gasteiger partial charge < -0.3 is 4.74 Å². The summed E-state index contributed by atoms with van der Waals surface area (Å²) >= 11 is 6.05. The second kappa shape index (κ2) is 7.94. The summed E-state index contributed by atoms with van der Waals surface area (Å²) in [5.74, 6) is 0.00291. The first kappa shape index (κ1) is 19.1. The normalized spacial score (nSPS) is 11.2. The van der Waals surface area contributed by atoms with Gasteiger partial charge in [-0.15, -0.1) is 0 Å². The van der Waals surface area contributed by atoms with Gasteiger partial charge in [-0.3, -0.25) is 4.79 Å². The Hall–Kier alpha value is -2.63. The monoisotopic (exact) mass is 400 g/mol. The Morgan fingerprint density at radius 3 is 2.26 bits per heavy atom. The number of ether oxygens (including phenoxy) is 1. The second-order valence-corrected chi connectivity index (χ2v) is 8.36. The van der Waals surface area contributed by atoms with Gasteiger partial charge in [0.25, 0.3) is 0 Å². The van der Waals surface area contributed by atoms with Gasteiger partial charge in [0.2, 0.25) is 0 Å². The van der Waals surface area contributed by atoms with Gasteiger partial charge in [0, 0.05) is 16.1 Å². The fourth-order valence-corrected chi connectivity index (χ4v) is 4.25. The topological polar surface area (TPSA) is 60.4 Å². The molecule has 0 saturated carbocycles. The molecule has 0 unspecified atom stereocenters. The largest absolute Gasteiger partial charge is 0.497 e. The minimum atomic E-state index is -3.64. The third-order valence-electron chi connectivity index (χ3n) is 4.12. The van der Waals surface area contributed by atoms with Crippen LogP contribution in [0.15, 0.2) is 77.7 Å². The van der Waals surface area contributed by atoms with E-state index in [4.69, 9.17) is 16.3 Å². The van der Waals surface area contributed by atoms with Crippen molar-refractivity contribution in [2.45, 2.75) is 10.6 Å². The number of ketones is 1. The van der Waals surface area contributed by atoms with Gasteiger partial charge in [0.05, 0.1) is 17.8 Å². The van der Waals surface area contributed by atoms with Crippen LogP contribution in [0.4, 0.5) is 0 Å². The number of carbonyl (C=O) groups excluding carboxylic acids is 1. The number of hydrogen-bond donors (Lipinski definition) is 0. The van der Waals surface area contributed by atoms with Crippen molar-refractivity contribution in [3.8, 4) is 5.75 Å². The third-order valence-corrected chi connectivity index (χ3v) is 6.03. The average molecular weight is 401 g/mol. The van der Waals surface area contributed by atoms with Gasteiger partial charge >= 0.3 is 0 Å². The van der Waals surface area contributed by atoms with E-state index in [1.807, 2.05) is 6.07 Å². The summed E-state index contributed by atoms with van der Waals surface area (Å²) in [6.45, 7) is 0. The first-order chi connectivity index (χ1) is 12.9. The van der Waals surface area contributed by atoms with E-state index < -0.39 is 9.84 Å². The third kappa shape index (κ3) is 4.38. The molecule has 0 fully saturated rings. The van der Waals surface area contributed by atoms with E-state index >= 15 is 0 Å². The second-order valence-electron chi connectivity index (χ2n) is 5.93. The summed E-state index contributed by atoms with van der Waals surface area (Å²) in [6, 6.07) is 19.5. The fraction of sp³-hybridized carbons (Fsp3) is 0.0952. The summed E-state index contributed by atoms with van der Waals surface area (Å²) in [6.07, 6.45) is 0. The molecule has 0 aliphatic rings. The Bertz CT molecular complexity index is 1060. The lowest BCUT2D eigenvalue weighted by Crippen LogP contribution is -2.11. The summed E-state index contributed by atoms with van der Waals surface area (Å²) in [5.41, 5.74) is 1.16. The minimum Gasteiger partial charge on any atom is -0.497 e. The summed E-state index contributed by atoms with van der Waals surface area (Å²) in [4.78, 5) is 13.0. The predicted molar refractivity (Wildman–Crippen MR) is 105 cm³/mol. The zero-order chi connectivity index (χ0) is 19.4. The smallest absolute Gasteiger partial charge is 0.193 e. The molecule has 0 bridgehead atoms. The molecule has 0 N–H and O–H groups in total. The maximum atomic E-state index is 12.9. The van der Waals surface area contributed by atoms with E-state index in [2.05, 4.69) is 0 Å². The molecular formula is C21H17ClO4S. The van der Waals surface area contributed by atoms with Gasteiger partial charge in [0.15, 0.2) is 15.6 Å². The lowest BCUT2D eigenvalue weighted by atomic mass is 9.99. The van der Waals surface area contributed by atoms with Crippen LogP contribution in [0.5, 0.6) is 5.75 Å². The molecule has 27 heavy (non-hydrogen) atoms. The first-order valence-corrected chi connectivity index (χ1v) is 10.2. The van der Waals surface area contributed by atoms with E-state index in [9.17, 15) is 13.2 Å². The van der Waals surface area contributed by atoms with Crippen LogP contribution in [0, 0.1) is 0 Å². The SMILES string of the molecule is COc1ccc(S(=O)(=O)Cc2ccc(Cl)cc2C(=O)c2ccccc2)cc1. The number of sulfone groups is 1. The summed E-state index contributed by atoms with van der Waals surface area (Å²) in [7, 11) is -2.13. The highest BCUT2D eigenvalue weighted by Gasteiger charge is 2.21. The van der Waals surface area contributed by atoms with Gasteiger partial charge in [-0.1, -0.05) is 48.0 Å². The molecule has 0 aliphatic heterocycles. The van der Waals surface area contributed by atoms with Gasteiger partial charge in [-0.05, 0) is 42.0 Å². The lowest BCUT2D eigenvalue weighted by Gasteiger charge is -2.11. The highest BCUT2D eigenvalue weighted by Crippen LogP contribution is 2.25. The molecule has 4 nitrogen and oxygen atoms in total. The van der Waals surface area contributed by atoms with Crippen molar-refractivity contribution in [2.24, 2.45) is 0 Å². The Kier molecular flexibility index (Phi) is 5.63. The predicted octanol–water partition coefficient (Wildman–Crippen LogP) is 4.55. The van der Waals surface area contributed by atoms with Gasteiger partial charge in [-0.25, -0.2) is 8.42 Å². The zero-order valence-electron chi connectivity index (χ0n) is 14.6. The quantitative estimate of drug-likeness (QED) is 0.569. The van der Waals surface area contributed by atoms with Crippen molar-refractivity contribution < 1.29 is 17.9 Å². The lowest BCUT2D eigenvalue weighted by molar-refractivity contribution is 0.103. The Balaban J connectivity index is 1.98. The Labute approximate surface area is 163 Å². The number of rotatable bonds is 6. The molecule has 0 spiro atoms. The molecule has 3 aromatic carbocycles. The Morgan fingerprint density at radius 1 is 0.963 bits per heavy atom. The van der Waals surface area contributed by atoms with Crippen LogP contribution < -0.4 is 4.74 Å². The number of carbonyl (C=O) groups is 1. The van der Waals surface area contributed by atoms with Crippen molar-refractivity contribution in [3.05, 3.63) is 94.5 Å². The maximum absolute atomic E-state index is 12.9. The number of benzene rings is 3. The molecule has 0 aliphatic carbocycles. The Morgan fingerprint density at radius 2 is 1.63 bits per heavy atom. The number of methoxy groups -OCH3 is 1. The standard InChI is InChI=1S/C21H17ClO4S/c1-26-18-9-11-19(12-10-18)27(24,25)14-16-7-8-17(22)13-20(16)21(23)15-5-3-2-4-6-15/h2-13H,14H2,1H3. The maximum Gasteiger partial charge on any atom is 0.193 e. The van der Waals surface area contributed by atoms with Crippen LogP contribution in [0.3, 0.4) is 0 Å². The molecule has 3 rings (SSSR count). The van der Waals surface area contributed by atoms with Crippen LogP contribution in [-0.2, 0) is 15.6 Å². The highest BCUT2D eigenvalue weighted by molar-refractivity contribution is 7.90. The van der Waals surface area contributed by atoms with Gasteiger partial charge in [0.1, 0.15) is 5.75 Å². The molecule has 0 heterocycles. The molecule has 138 valence electrons. The first-order valence-electron chi connectivity index (χ1n) is 8.16. The van der Waals surface area contributed by atoms with Crippen molar-refractivity contribution in [2.75, 3.05) is 7.11 Å². The van der Waals surface area contributed by atoms with E-state index in [0.717, 1.165) is 0 Å². The van der Waals surface area contributed by atoms with Crippen LogP contribution >= 0.6 is 11.6 Å². The van der Waals surface area contributed by atoms with Crippen LogP contribution in [0.25, 0.3) is 0 Å². The molecule has 0 amide bonds. The van der Waals surface area contributed by atoms with E-state index in [0.29, 0.717) is 21.9 Å². The molecular weight excluding hydrogens is 384 g/mol. The molecule has 0 atom stereocenters. The van der Waals surface area contributed by atoms with Crippen LogP contribution in [0.1, 0.15) is 21.5 Å². The molecule has 0 aromatic heterocycles. The average Bonchev–Trinajstić information content (AvgIpc) is 2.69. The van der Waals surface area contributed by atoms with Crippen LogP contribution in [0.2, 0.25) is 5.02 Å². The minimum absolute atomic E-state index is 0.163.